The zero-order valence-electron chi connectivity index (χ0n) is 19.1. The molecule has 0 saturated carbocycles. The zero-order valence-corrected chi connectivity index (χ0v) is 19.9. The van der Waals surface area contributed by atoms with E-state index >= 15 is 0 Å². The average molecular weight is 480 g/mol. The summed E-state index contributed by atoms with van der Waals surface area (Å²) < 4.78 is 26.9. The summed E-state index contributed by atoms with van der Waals surface area (Å²) in [4.78, 5) is 13.5. The second-order valence-electron chi connectivity index (χ2n) is 8.07. The number of aryl methyl sites for hydroxylation is 1. The number of aromatic nitrogens is 1. The van der Waals surface area contributed by atoms with Gasteiger partial charge < -0.3 is 14.0 Å². The number of hydrogen-bond donors (Lipinski definition) is 0. The molecule has 1 aromatic heterocycles. The number of halogens is 2. The summed E-state index contributed by atoms with van der Waals surface area (Å²) in [5.41, 5.74) is 2.18. The van der Waals surface area contributed by atoms with Gasteiger partial charge in [-0.05, 0) is 79.6 Å². The maximum Gasteiger partial charge on any atom is 0.195 e. The number of fused-ring (bicyclic) bond motifs is 1. The van der Waals surface area contributed by atoms with Crippen LogP contribution in [0, 0.1) is 5.82 Å². The summed E-state index contributed by atoms with van der Waals surface area (Å²) in [7, 11) is 0. The third-order valence-corrected chi connectivity index (χ3v) is 5.83. The fourth-order valence-corrected chi connectivity index (χ4v) is 3.88. The minimum atomic E-state index is -0.320. The van der Waals surface area contributed by atoms with Gasteiger partial charge in [0.15, 0.2) is 5.78 Å². The van der Waals surface area contributed by atoms with Crippen LogP contribution in [0.4, 0.5) is 4.39 Å². The van der Waals surface area contributed by atoms with Crippen LogP contribution in [0.25, 0.3) is 10.9 Å². The maximum atomic E-state index is 13.5. The molecule has 0 fully saturated rings. The zero-order chi connectivity index (χ0) is 23.9. The molecule has 0 amide bonds. The first-order valence-corrected chi connectivity index (χ1v) is 12.0. The van der Waals surface area contributed by atoms with Gasteiger partial charge in [-0.1, -0.05) is 13.3 Å². The number of alkyl halides is 1. The fraction of sp³-hybridized carbons (Fsp3) is 0.250. The Balaban J connectivity index is 1.65. The minimum Gasteiger partial charge on any atom is -0.494 e. The van der Waals surface area contributed by atoms with Gasteiger partial charge in [-0.25, -0.2) is 4.39 Å². The van der Waals surface area contributed by atoms with Gasteiger partial charge in [0.2, 0.25) is 0 Å². The second-order valence-corrected chi connectivity index (χ2v) is 8.45. The number of ketones is 1. The quantitative estimate of drug-likeness (QED) is 0.126. The van der Waals surface area contributed by atoms with Crippen LogP contribution in [0.3, 0.4) is 0 Å². The summed E-state index contributed by atoms with van der Waals surface area (Å²) in [6, 6.07) is 18.8. The number of unbranched alkanes of at least 4 members (excludes halogenated alkanes) is 1. The van der Waals surface area contributed by atoms with Crippen molar-refractivity contribution in [2.45, 2.75) is 32.7 Å². The lowest BCUT2D eigenvalue weighted by Crippen LogP contribution is -2.02. The number of rotatable bonds is 11. The summed E-state index contributed by atoms with van der Waals surface area (Å²) >= 11 is 5.70. The van der Waals surface area contributed by atoms with E-state index in [9.17, 15) is 9.18 Å². The van der Waals surface area contributed by atoms with E-state index in [4.69, 9.17) is 21.1 Å². The van der Waals surface area contributed by atoms with Crippen LogP contribution in [0.1, 0.15) is 42.1 Å². The van der Waals surface area contributed by atoms with Gasteiger partial charge in [0, 0.05) is 40.7 Å². The lowest BCUT2D eigenvalue weighted by Gasteiger charge is -2.08. The van der Waals surface area contributed by atoms with Crippen molar-refractivity contribution >= 4 is 28.3 Å². The van der Waals surface area contributed by atoms with E-state index in [0.717, 1.165) is 36.7 Å². The number of carbonyl (C=O) groups excluding carboxylic acids is 1. The molecule has 0 unspecified atom stereocenters. The SMILES string of the molecule is CCCCn1cc(C(=O)c2ccc(OCCCCl)cc2)c2cc(Oc3ccc(F)cc3)ccc21. The molecule has 3 aromatic carbocycles. The second kappa shape index (κ2) is 11.2. The molecule has 0 bridgehead atoms. The van der Waals surface area contributed by atoms with Crippen molar-refractivity contribution < 1.29 is 18.7 Å². The third-order valence-electron chi connectivity index (χ3n) is 5.56. The maximum absolute atomic E-state index is 13.5. The lowest BCUT2D eigenvalue weighted by atomic mass is 10.0. The molecule has 4 rings (SSSR count). The standard InChI is InChI=1S/C28H27ClFNO3/c1-2-3-16-31-19-26(28(32)20-5-9-22(10-6-20)33-17-4-15-29)25-18-24(13-14-27(25)31)34-23-11-7-21(30)8-12-23/h5-14,18-19H,2-4,15-17H2,1H3. The van der Waals surface area contributed by atoms with Crippen LogP contribution >= 0.6 is 11.6 Å². The van der Waals surface area contributed by atoms with E-state index in [0.29, 0.717) is 40.9 Å². The molecule has 176 valence electrons. The normalized spacial score (nSPS) is 11.0. The first-order chi connectivity index (χ1) is 16.6. The predicted octanol–water partition coefficient (Wildman–Crippen LogP) is 7.61. The molecule has 0 radical (unpaired) electrons. The van der Waals surface area contributed by atoms with E-state index in [1.165, 1.54) is 12.1 Å². The third kappa shape index (κ3) is 5.60. The fourth-order valence-electron chi connectivity index (χ4n) is 3.78. The molecule has 4 aromatic rings. The van der Waals surface area contributed by atoms with Gasteiger partial charge in [-0.2, -0.15) is 0 Å². The van der Waals surface area contributed by atoms with E-state index < -0.39 is 0 Å². The highest BCUT2D eigenvalue weighted by Crippen LogP contribution is 2.31. The van der Waals surface area contributed by atoms with Gasteiger partial charge in [-0.15, -0.1) is 11.6 Å². The summed E-state index contributed by atoms with van der Waals surface area (Å²) in [6.07, 6.45) is 4.76. The van der Waals surface area contributed by atoms with E-state index in [1.54, 1.807) is 36.4 Å². The van der Waals surface area contributed by atoms with Crippen molar-refractivity contribution in [3.05, 3.63) is 89.9 Å². The molecule has 0 saturated heterocycles. The van der Waals surface area contributed by atoms with Crippen LogP contribution in [0.2, 0.25) is 0 Å². The van der Waals surface area contributed by atoms with Gasteiger partial charge in [0.05, 0.1) is 6.61 Å². The van der Waals surface area contributed by atoms with Crippen LogP contribution in [0.15, 0.2) is 72.9 Å². The van der Waals surface area contributed by atoms with Crippen molar-refractivity contribution in [3.63, 3.8) is 0 Å². The Morgan fingerprint density at radius 3 is 2.35 bits per heavy atom. The topological polar surface area (TPSA) is 40.5 Å². The lowest BCUT2D eigenvalue weighted by molar-refractivity contribution is 0.104. The molecule has 0 aliphatic heterocycles. The molecular formula is C28H27ClFNO3. The first kappa shape index (κ1) is 23.8. The Morgan fingerprint density at radius 1 is 0.941 bits per heavy atom. The first-order valence-electron chi connectivity index (χ1n) is 11.5. The summed E-state index contributed by atoms with van der Waals surface area (Å²) in [5, 5.41) is 0.822. The molecule has 0 atom stereocenters. The van der Waals surface area contributed by atoms with Gasteiger partial charge in [0.1, 0.15) is 23.1 Å². The molecule has 0 N–H and O–H groups in total. The smallest absolute Gasteiger partial charge is 0.195 e. The van der Waals surface area contributed by atoms with Crippen LogP contribution < -0.4 is 9.47 Å². The van der Waals surface area contributed by atoms with E-state index in [1.807, 2.05) is 24.4 Å². The number of ether oxygens (including phenoxy) is 2. The number of benzene rings is 3. The van der Waals surface area contributed by atoms with Crippen LogP contribution in [0.5, 0.6) is 17.2 Å². The van der Waals surface area contributed by atoms with Crippen molar-refractivity contribution in [1.82, 2.24) is 4.57 Å². The Labute approximate surface area is 203 Å². The molecule has 6 heteroatoms. The van der Waals surface area contributed by atoms with Crippen molar-refractivity contribution in [2.75, 3.05) is 12.5 Å². The molecule has 0 spiro atoms. The molecule has 0 aliphatic carbocycles. The van der Waals surface area contributed by atoms with Crippen molar-refractivity contribution in [2.24, 2.45) is 0 Å². The summed E-state index contributed by atoms with van der Waals surface area (Å²) in [6.45, 7) is 3.51. The molecular weight excluding hydrogens is 453 g/mol. The highest BCUT2D eigenvalue weighted by atomic mass is 35.5. The Hall–Kier alpha value is -3.31. The molecule has 4 nitrogen and oxygen atoms in total. The molecule has 0 aliphatic rings. The Bertz CT molecular complexity index is 1250. The monoisotopic (exact) mass is 479 g/mol. The highest BCUT2D eigenvalue weighted by molar-refractivity contribution is 6.18. The average Bonchev–Trinajstić information content (AvgIpc) is 3.22. The van der Waals surface area contributed by atoms with Gasteiger partial charge in [-0.3, -0.25) is 4.79 Å². The van der Waals surface area contributed by atoms with Crippen LogP contribution in [-0.2, 0) is 6.54 Å². The Morgan fingerprint density at radius 2 is 1.65 bits per heavy atom. The van der Waals surface area contributed by atoms with Crippen LogP contribution in [-0.4, -0.2) is 22.8 Å². The largest absolute Gasteiger partial charge is 0.494 e. The predicted molar refractivity (Wildman–Crippen MR) is 134 cm³/mol. The van der Waals surface area contributed by atoms with Gasteiger partial charge in [0.25, 0.3) is 0 Å². The van der Waals surface area contributed by atoms with E-state index in [2.05, 4.69) is 11.5 Å². The van der Waals surface area contributed by atoms with E-state index in [-0.39, 0.29) is 11.6 Å². The molecule has 34 heavy (non-hydrogen) atoms. The van der Waals surface area contributed by atoms with Gasteiger partial charge >= 0.3 is 0 Å². The highest BCUT2D eigenvalue weighted by Gasteiger charge is 2.18. The van der Waals surface area contributed by atoms with Crippen molar-refractivity contribution in [3.8, 4) is 17.2 Å². The number of hydrogen-bond acceptors (Lipinski definition) is 3. The Kier molecular flexibility index (Phi) is 7.86. The summed E-state index contributed by atoms with van der Waals surface area (Å²) in [5.74, 6) is 1.99. The van der Waals surface area contributed by atoms with Crippen molar-refractivity contribution in [1.29, 1.82) is 0 Å². The minimum absolute atomic E-state index is 0.0634. The number of carbonyl (C=O) groups is 1. The molecule has 1 heterocycles. The number of nitrogens with zero attached hydrogens (tertiary/aromatic N) is 1.